The van der Waals surface area contributed by atoms with Gasteiger partial charge in [0.05, 0.1) is 24.2 Å². The smallest absolute Gasteiger partial charge is 0.246 e. The maximum absolute atomic E-state index is 14.6. The summed E-state index contributed by atoms with van der Waals surface area (Å²) in [6, 6.07) is 14.4. The van der Waals surface area contributed by atoms with Gasteiger partial charge in [-0.3, -0.25) is 28.8 Å². The average Bonchev–Trinajstić information content (AvgIpc) is 4.06. The summed E-state index contributed by atoms with van der Waals surface area (Å²) in [7, 11) is 3.47. The van der Waals surface area contributed by atoms with Crippen LogP contribution in [0.4, 0.5) is 0 Å². The lowest BCUT2D eigenvalue weighted by molar-refractivity contribution is -0.143. The van der Waals surface area contributed by atoms with Crippen molar-refractivity contribution in [1.82, 2.24) is 40.9 Å². The van der Waals surface area contributed by atoms with E-state index in [1.807, 2.05) is 51.3 Å². The van der Waals surface area contributed by atoms with E-state index in [-0.39, 0.29) is 59.6 Å². The second-order valence-corrected chi connectivity index (χ2v) is 24.2. The lowest BCUT2D eigenvalue weighted by atomic mass is 9.85. The molecule has 2 fully saturated rings. The number of carbonyl (C=O) groups excluding carboxylic acids is 6. The summed E-state index contributed by atoms with van der Waals surface area (Å²) in [6.07, 6.45) is 15.3. The Morgan fingerprint density at radius 1 is 0.541 bits per heavy atom. The van der Waals surface area contributed by atoms with E-state index in [1.54, 1.807) is 27.9 Å². The summed E-state index contributed by atoms with van der Waals surface area (Å²) in [6.45, 7) is 17.7. The molecule has 74 heavy (non-hydrogen) atoms. The number of aryl methyl sites for hydroxylation is 2. The molecule has 0 saturated carbocycles. The number of nitrogens with one attached hydrogen (secondary N) is 4. The monoisotopic (exact) mass is 1020 g/mol. The van der Waals surface area contributed by atoms with E-state index in [2.05, 4.69) is 79.6 Å². The van der Waals surface area contributed by atoms with Crippen LogP contribution in [0.2, 0.25) is 0 Å². The summed E-state index contributed by atoms with van der Waals surface area (Å²) in [4.78, 5) is 92.2. The Bertz CT molecular complexity index is 2070. The molecule has 2 aliphatic carbocycles. The molecule has 4 aliphatic rings. The third-order valence-electron chi connectivity index (χ3n) is 16.7. The van der Waals surface area contributed by atoms with Crippen molar-refractivity contribution in [2.45, 2.75) is 219 Å². The van der Waals surface area contributed by atoms with E-state index in [1.165, 1.54) is 22.3 Å². The highest BCUT2D eigenvalue weighted by Gasteiger charge is 2.44. The zero-order valence-electron chi connectivity index (χ0n) is 47.0. The van der Waals surface area contributed by atoms with Gasteiger partial charge < -0.3 is 40.9 Å². The first-order chi connectivity index (χ1) is 35.2. The summed E-state index contributed by atoms with van der Waals surface area (Å²) in [5.41, 5.74) is 4.01. The Morgan fingerprint density at radius 2 is 0.905 bits per heavy atom. The van der Waals surface area contributed by atoms with Crippen molar-refractivity contribution in [2.75, 3.05) is 40.3 Å². The number of hydrogen-bond acceptors (Lipinski definition) is 8. The van der Waals surface area contributed by atoms with E-state index in [0.29, 0.717) is 39.0 Å². The number of amides is 6. The molecule has 14 heteroatoms. The highest BCUT2D eigenvalue weighted by molar-refractivity contribution is 5.91. The molecule has 14 nitrogen and oxygen atoms in total. The zero-order chi connectivity index (χ0) is 53.7. The van der Waals surface area contributed by atoms with Crippen molar-refractivity contribution >= 4 is 35.4 Å². The molecule has 4 N–H and O–H groups in total. The maximum atomic E-state index is 14.6. The highest BCUT2D eigenvalue weighted by atomic mass is 16.2. The fraction of sp³-hybridized carbons (Fsp3) is 0.700. The van der Waals surface area contributed by atoms with Crippen molar-refractivity contribution in [3.05, 3.63) is 70.8 Å². The lowest BCUT2D eigenvalue weighted by Gasteiger charge is -2.41. The number of benzene rings is 2. The number of hydrogen-bond donors (Lipinski definition) is 4. The van der Waals surface area contributed by atoms with Gasteiger partial charge in [0.15, 0.2) is 0 Å². The second kappa shape index (κ2) is 26.8. The Morgan fingerprint density at radius 3 is 1.27 bits per heavy atom. The fourth-order valence-corrected chi connectivity index (χ4v) is 12.0. The SMILES string of the molecule is CN[C@@H](C)C(=O)N[C@H](C(=O)N1CCC[C@H]1CN(C(=O)CCCCCCCCC(=O)N(C[C@@H]1CCCN1C(=O)[C@@H](NC(=O)[C@H](C)NC)C(C)(C)C)[C@@H]1CCCc2ccccc21)[C@@H]1CCCc2ccccc21)C(C)(C)C. The fourth-order valence-electron chi connectivity index (χ4n) is 12.0. The number of rotatable bonds is 23. The van der Waals surface area contributed by atoms with Gasteiger partial charge in [-0.1, -0.05) is 116 Å². The normalized spacial score (nSPS) is 21.4. The van der Waals surface area contributed by atoms with Gasteiger partial charge >= 0.3 is 0 Å². The van der Waals surface area contributed by atoms with Crippen LogP contribution in [0.5, 0.6) is 0 Å². The Labute approximate surface area is 444 Å². The predicted molar refractivity (Wildman–Crippen MR) is 294 cm³/mol. The molecule has 2 aromatic rings. The van der Waals surface area contributed by atoms with Gasteiger partial charge in [-0.05, 0) is 138 Å². The van der Waals surface area contributed by atoms with Gasteiger partial charge in [0.1, 0.15) is 12.1 Å². The van der Waals surface area contributed by atoms with Gasteiger partial charge in [0, 0.05) is 51.1 Å². The molecule has 2 aromatic carbocycles. The standard InChI is InChI=1S/C60H94N8O6/c1-41(61-9)55(71)63-53(59(3,4)5)57(73)65-37-23-29-45(65)39-67(49-33-21-27-43-25-17-19-31-47(43)49)51(69)35-15-13-11-12-14-16-36-52(70)68(50-34-22-28-44-26-18-20-32-48(44)50)40-46-30-24-38-66(46)58(74)54(60(6,7)8)64-56(72)42(2)62-10/h17-20,25-26,31-32,41-42,45-46,49-50,53-54,61-62H,11-16,21-24,27-30,33-40H2,1-10H3,(H,63,71)(H,64,72)/t41-,42-,45-,46-,49+,50+,53+,54+/m0/s1. The number of carbonyl (C=O) groups is 6. The van der Waals surface area contributed by atoms with Crippen molar-refractivity contribution in [1.29, 1.82) is 0 Å². The van der Waals surface area contributed by atoms with Crippen LogP contribution in [-0.2, 0) is 41.6 Å². The first-order valence-electron chi connectivity index (χ1n) is 28.6. The van der Waals surface area contributed by atoms with Crippen molar-refractivity contribution in [3.8, 4) is 0 Å². The van der Waals surface area contributed by atoms with Gasteiger partial charge in [-0.2, -0.15) is 0 Å². The molecule has 2 aliphatic heterocycles. The molecule has 6 amide bonds. The van der Waals surface area contributed by atoms with E-state index in [9.17, 15) is 28.8 Å². The Kier molecular flexibility index (Phi) is 21.2. The summed E-state index contributed by atoms with van der Waals surface area (Å²) in [5, 5.41) is 12.1. The van der Waals surface area contributed by atoms with Gasteiger partial charge in [-0.15, -0.1) is 0 Å². The minimum absolute atomic E-state index is 0.0451. The number of likely N-dealkylation sites (N-methyl/N-ethyl adjacent to an activating group) is 2. The average molecular weight is 1020 g/mol. The topological polar surface area (TPSA) is 163 Å². The molecular formula is C60H94N8O6. The number of likely N-dealkylation sites (tertiary alicyclic amines) is 2. The zero-order valence-corrected chi connectivity index (χ0v) is 47.0. The van der Waals surface area contributed by atoms with Crippen molar-refractivity contribution in [2.24, 2.45) is 10.8 Å². The summed E-state index contributed by atoms with van der Waals surface area (Å²) in [5.74, 6) is -0.311. The third-order valence-corrected chi connectivity index (χ3v) is 16.7. The molecule has 0 unspecified atom stereocenters. The van der Waals surface area contributed by atoms with Crippen LogP contribution in [0.25, 0.3) is 0 Å². The number of nitrogens with zero attached hydrogens (tertiary/aromatic N) is 4. The molecule has 2 saturated heterocycles. The van der Waals surface area contributed by atoms with Gasteiger partial charge in [-0.25, -0.2) is 0 Å². The Balaban J connectivity index is 1.06. The van der Waals surface area contributed by atoms with E-state index < -0.39 is 35.0 Å². The molecule has 2 heterocycles. The minimum Gasteiger partial charge on any atom is -0.342 e. The van der Waals surface area contributed by atoms with Crippen LogP contribution < -0.4 is 21.3 Å². The summed E-state index contributed by atoms with van der Waals surface area (Å²) >= 11 is 0. The molecule has 8 atom stereocenters. The van der Waals surface area contributed by atoms with Crippen LogP contribution in [0.1, 0.15) is 192 Å². The number of unbranched alkanes of at least 4 members (excludes halogenated alkanes) is 5. The maximum Gasteiger partial charge on any atom is 0.246 e. The van der Waals surface area contributed by atoms with E-state index in [0.717, 1.165) is 103 Å². The van der Waals surface area contributed by atoms with Gasteiger partial charge in [0.25, 0.3) is 0 Å². The molecule has 0 spiro atoms. The number of fused-ring (bicyclic) bond motifs is 2. The third kappa shape index (κ3) is 15.0. The molecule has 410 valence electrons. The first-order valence-corrected chi connectivity index (χ1v) is 28.6. The van der Waals surface area contributed by atoms with Crippen molar-refractivity contribution in [3.63, 3.8) is 0 Å². The molecule has 0 bridgehead atoms. The lowest BCUT2D eigenvalue weighted by Crippen LogP contribution is -2.59. The van der Waals surface area contributed by atoms with Crippen LogP contribution in [0.15, 0.2) is 48.5 Å². The van der Waals surface area contributed by atoms with Crippen LogP contribution in [0.3, 0.4) is 0 Å². The van der Waals surface area contributed by atoms with E-state index >= 15 is 0 Å². The van der Waals surface area contributed by atoms with Crippen LogP contribution >= 0.6 is 0 Å². The minimum atomic E-state index is -0.695. The van der Waals surface area contributed by atoms with Crippen LogP contribution in [0, 0.1) is 10.8 Å². The molecule has 6 rings (SSSR count). The largest absolute Gasteiger partial charge is 0.342 e. The first kappa shape index (κ1) is 58.4. The van der Waals surface area contributed by atoms with Crippen LogP contribution in [-0.4, -0.2) is 132 Å². The quantitative estimate of drug-likeness (QED) is 0.0811. The Hall–Kier alpha value is -4.82. The van der Waals surface area contributed by atoms with Gasteiger partial charge in [0.2, 0.25) is 35.4 Å². The summed E-state index contributed by atoms with van der Waals surface area (Å²) < 4.78 is 0. The van der Waals surface area contributed by atoms with E-state index in [4.69, 9.17) is 0 Å². The highest BCUT2D eigenvalue weighted by Crippen LogP contribution is 2.39. The second-order valence-electron chi connectivity index (χ2n) is 24.2. The molecular weight excluding hydrogens is 929 g/mol. The van der Waals surface area contributed by atoms with Crippen molar-refractivity contribution < 1.29 is 28.8 Å². The molecule has 0 radical (unpaired) electrons. The predicted octanol–water partition coefficient (Wildman–Crippen LogP) is 8.18. The molecule has 0 aromatic heterocycles.